The summed E-state index contributed by atoms with van der Waals surface area (Å²) in [6.07, 6.45) is 2.75. The van der Waals surface area contributed by atoms with Gasteiger partial charge in [0.15, 0.2) is 0 Å². The Morgan fingerprint density at radius 2 is 1.62 bits per heavy atom. The fraction of sp³-hybridized carbons (Fsp3) is 0.316. The van der Waals surface area contributed by atoms with Gasteiger partial charge in [0, 0.05) is 23.6 Å². The van der Waals surface area contributed by atoms with Gasteiger partial charge in [-0.25, -0.2) is 4.79 Å². The predicted octanol–water partition coefficient (Wildman–Crippen LogP) is 4.08. The average Bonchev–Trinajstić information content (AvgIpc) is 2.54. The van der Waals surface area contributed by atoms with Crippen molar-refractivity contribution in [2.75, 3.05) is 5.32 Å². The van der Waals surface area contributed by atoms with Crippen LogP contribution in [0.15, 0.2) is 48.8 Å². The maximum Gasteiger partial charge on any atom is 0.408 e. The highest BCUT2D eigenvalue weighted by Gasteiger charge is 2.18. The second-order valence-corrected chi connectivity index (χ2v) is 6.68. The van der Waals surface area contributed by atoms with Gasteiger partial charge in [0.2, 0.25) is 0 Å². The van der Waals surface area contributed by atoms with E-state index in [4.69, 9.17) is 4.74 Å². The fourth-order valence-corrected chi connectivity index (χ4v) is 2.13. The Bertz CT molecular complexity index is 725. The summed E-state index contributed by atoms with van der Waals surface area (Å²) in [5, 5.41) is 5.57. The van der Waals surface area contributed by atoms with E-state index in [1.54, 1.807) is 36.7 Å². The Hall–Kier alpha value is -2.93. The van der Waals surface area contributed by atoms with Crippen LogP contribution in [-0.4, -0.2) is 22.6 Å². The Kier molecular flexibility index (Phi) is 7.28. The van der Waals surface area contributed by atoms with Gasteiger partial charge < -0.3 is 21.5 Å². The molecule has 0 fully saturated rings. The van der Waals surface area contributed by atoms with Gasteiger partial charge in [0.05, 0.1) is 6.04 Å². The van der Waals surface area contributed by atoms with Crippen molar-refractivity contribution in [2.24, 2.45) is 0 Å². The van der Waals surface area contributed by atoms with E-state index < -0.39 is 11.7 Å². The molecule has 0 aliphatic carbocycles. The quantitative estimate of drug-likeness (QED) is 0.761. The van der Waals surface area contributed by atoms with Crippen LogP contribution in [0.4, 0.5) is 10.5 Å². The monoisotopic (exact) mass is 358 g/mol. The Morgan fingerprint density at radius 3 is 2.15 bits per heavy atom. The highest BCUT2D eigenvalue weighted by Crippen LogP contribution is 2.16. The molecule has 0 saturated carbocycles. The summed E-state index contributed by atoms with van der Waals surface area (Å²) in [6, 6.07) is 10.3. The van der Waals surface area contributed by atoms with Crippen molar-refractivity contribution in [3.05, 3.63) is 59.9 Å². The SMILES string of the molecule is C[C@H](NC(=O)OC(C)(C)C)c1ccc(C(=O)Nc2ccncc2)cc1.N. The summed E-state index contributed by atoms with van der Waals surface area (Å²) in [6.45, 7) is 7.30. The number of carbonyl (C=O) groups is 2. The van der Waals surface area contributed by atoms with Crippen molar-refractivity contribution in [3.8, 4) is 0 Å². The van der Waals surface area contributed by atoms with Gasteiger partial charge in [-0.2, -0.15) is 0 Å². The van der Waals surface area contributed by atoms with Gasteiger partial charge in [0.25, 0.3) is 5.91 Å². The van der Waals surface area contributed by atoms with Gasteiger partial charge >= 0.3 is 6.09 Å². The average molecular weight is 358 g/mol. The van der Waals surface area contributed by atoms with Gasteiger partial charge in [0.1, 0.15) is 5.60 Å². The lowest BCUT2D eigenvalue weighted by Gasteiger charge is -2.22. The number of pyridine rings is 1. The molecule has 0 bridgehead atoms. The lowest BCUT2D eigenvalue weighted by atomic mass is 10.1. The van der Waals surface area contributed by atoms with Crippen LogP contribution in [0, 0.1) is 0 Å². The molecule has 7 heteroatoms. The third-order valence-corrected chi connectivity index (χ3v) is 3.34. The number of ether oxygens (including phenoxy) is 1. The molecule has 1 atom stereocenters. The number of benzene rings is 1. The summed E-state index contributed by atoms with van der Waals surface area (Å²) < 4.78 is 5.24. The number of nitrogens with one attached hydrogen (secondary N) is 2. The molecule has 0 unspecified atom stereocenters. The van der Waals surface area contributed by atoms with Gasteiger partial charge in [-0.1, -0.05) is 12.1 Å². The second-order valence-electron chi connectivity index (χ2n) is 6.68. The van der Waals surface area contributed by atoms with Crippen LogP contribution in [0.25, 0.3) is 0 Å². The van der Waals surface area contributed by atoms with Crippen LogP contribution >= 0.6 is 0 Å². The van der Waals surface area contributed by atoms with Gasteiger partial charge in [-0.3, -0.25) is 9.78 Å². The Morgan fingerprint density at radius 1 is 1.04 bits per heavy atom. The van der Waals surface area contributed by atoms with E-state index in [0.717, 1.165) is 5.56 Å². The van der Waals surface area contributed by atoms with E-state index in [-0.39, 0.29) is 18.1 Å². The van der Waals surface area contributed by atoms with Crippen LogP contribution in [0.2, 0.25) is 0 Å². The number of hydrogen-bond acceptors (Lipinski definition) is 5. The zero-order valence-corrected chi connectivity index (χ0v) is 15.6. The maximum absolute atomic E-state index is 12.2. The summed E-state index contributed by atoms with van der Waals surface area (Å²) >= 11 is 0. The maximum atomic E-state index is 12.2. The first-order valence-electron chi connectivity index (χ1n) is 8.05. The largest absolute Gasteiger partial charge is 0.444 e. The number of carbonyl (C=O) groups excluding carboxylic acids is 2. The summed E-state index contributed by atoms with van der Waals surface area (Å²) in [5.41, 5.74) is 1.55. The minimum atomic E-state index is -0.543. The molecule has 2 aromatic rings. The molecule has 1 aromatic carbocycles. The molecule has 2 amide bonds. The smallest absolute Gasteiger partial charge is 0.408 e. The van der Waals surface area contributed by atoms with Crippen molar-refractivity contribution < 1.29 is 14.3 Å². The first-order valence-corrected chi connectivity index (χ1v) is 8.05. The topological polar surface area (TPSA) is 115 Å². The van der Waals surface area contributed by atoms with Crippen LogP contribution < -0.4 is 16.8 Å². The van der Waals surface area contributed by atoms with Gasteiger partial charge in [-0.05, 0) is 57.5 Å². The summed E-state index contributed by atoms with van der Waals surface area (Å²) in [4.78, 5) is 27.9. The molecule has 140 valence electrons. The normalized spacial score (nSPS) is 11.7. The summed E-state index contributed by atoms with van der Waals surface area (Å²) in [5.74, 6) is -0.203. The number of rotatable bonds is 4. The Balaban J connectivity index is 0.00000338. The van der Waals surface area contributed by atoms with Crippen LogP contribution in [0.3, 0.4) is 0 Å². The molecule has 5 N–H and O–H groups in total. The molecule has 0 radical (unpaired) electrons. The lowest BCUT2D eigenvalue weighted by Crippen LogP contribution is -2.34. The van der Waals surface area contributed by atoms with E-state index in [1.807, 2.05) is 39.8 Å². The molecule has 0 aliphatic heterocycles. The molecular weight excluding hydrogens is 332 g/mol. The highest BCUT2D eigenvalue weighted by molar-refractivity contribution is 6.04. The van der Waals surface area contributed by atoms with E-state index >= 15 is 0 Å². The fourth-order valence-electron chi connectivity index (χ4n) is 2.13. The van der Waals surface area contributed by atoms with E-state index in [2.05, 4.69) is 15.6 Å². The molecule has 0 aliphatic rings. The zero-order chi connectivity index (χ0) is 18.4. The highest BCUT2D eigenvalue weighted by atomic mass is 16.6. The standard InChI is InChI=1S/C19H23N3O3.H3N/c1-13(21-18(24)25-19(2,3)4)14-5-7-15(8-6-14)17(23)22-16-9-11-20-12-10-16;/h5-13H,1-4H3,(H,21,24)(H,20,22,23);1H3/t13-;/m0./s1. The van der Waals surface area contributed by atoms with Crippen LogP contribution in [0.1, 0.15) is 49.7 Å². The van der Waals surface area contributed by atoms with E-state index in [9.17, 15) is 9.59 Å². The Labute approximate surface area is 153 Å². The zero-order valence-electron chi connectivity index (χ0n) is 15.6. The van der Waals surface area contributed by atoms with Crippen molar-refractivity contribution in [2.45, 2.75) is 39.3 Å². The number of aromatic nitrogens is 1. The van der Waals surface area contributed by atoms with Crippen molar-refractivity contribution >= 4 is 17.7 Å². The predicted molar refractivity (Wildman–Crippen MR) is 101 cm³/mol. The lowest BCUT2D eigenvalue weighted by molar-refractivity contribution is 0.0507. The second kappa shape index (κ2) is 8.96. The number of anilines is 1. The molecule has 2 rings (SSSR count). The van der Waals surface area contributed by atoms with Gasteiger partial charge in [-0.15, -0.1) is 0 Å². The first kappa shape index (κ1) is 21.1. The summed E-state index contributed by atoms with van der Waals surface area (Å²) in [7, 11) is 0. The van der Waals surface area contributed by atoms with E-state index in [0.29, 0.717) is 11.3 Å². The molecular formula is C19H26N4O3. The van der Waals surface area contributed by atoms with Crippen molar-refractivity contribution in [1.29, 1.82) is 0 Å². The molecule has 7 nitrogen and oxygen atoms in total. The number of alkyl carbamates (subject to hydrolysis) is 1. The number of amides is 2. The number of nitrogens with zero attached hydrogens (tertiary/aromatic N) is 1. The minimum Gasteiger partial charge on any atom is -0.444 e. The molecule has 26 heavy (non-hydrogen) atoms. The molecule has 1 aromatic heterocycles. The third-order valence-electron chi connectivity index (χ3n) is 3.34. The van der Waals surface area contributed by atoms with Crippen LogP contribution in [-0.2, 0) is 4.74 Å². The minimum absolute atomic E-state index is 0. The van der Waals surface area contributed by atoms with Crippen molar-refractivity contribution in [1.82, 2.24) is 16.5 Å². The van der Waals surface area contributed by atoms with E-state index in [1.165, 1.54) is 0 Å². The first-order chi connectivity index (χ1) is 11.7. The molecule has 0 spiro atoms. The van der Waals surface area contributed by atoms with Crippen molar-refractivity contribution in [3.63, 3.8) is 0 Å². The molecule has 1 heterocycles. The van der Waals surface area contributed by atoms with Crippen LogP contribution in [0.5, 0.6) is 0 Å². The number of hydrogen-bond donors (Lipinski definition) is 3. The third kappa shape index (κ3) is 6.52. The molecule has 0 saturated heterocycles.